The summed E-state index contributed by atoms with van der Waals surface area (Å²) in [7, 11) is 0. The van der Waals surface area contributed by atoms with E-state index in [4.69, 9.17) is 9.47 Å². The summed E-state index contributed by atoms with van der Waals surface area (Å²) in [6.07, 6.45) is 5.97. The number of carbonyl (C=O) groups is 2. The Labute approximate surface area is 159 Å². The van der Waals surface area contributed by atoms with Crippen molar-refractivity contribution in [3.63, 3.8) is 0 Å². The van der Waals surface area contributed by atoms with E-state index in [0.717, 1.165) is 11.8 Å². The molecule has 4 aliphatic rings. The van der Waals surface area contributed by atoms with Gasteiger partial charge in [-0.05, 0) is 89.9 Å². The summed E-state index contributed by atoms with van der Waals surface area (Å²) in [5.74, 6) is 1.91. The Morgan fingerprint density at radius 1 is 1.04 bits per heavy atom. The molecule has 0 aromatic carbocycles. The van der Waals surface area contributed by atoms with E-state index in [1.54, 1.807) is 6.92 Å². The lowest BCUT2D eigenvalue weighted by Crippen LogP contribution is -2.58. The fourth-order valence-corrected chi connectivity index (χ4v) is 5.10. The molecule has 4 nitrogen and oxygen atoms in total. The van der Waals surface area contributed by atoms with Crippen molar-refractivity contribution in [3.8, 4) is 0 Å². The van der Waals surface area contributed by atoms with Crippen LogP contribution in [0.1, 0.15) is 87.0 Å². The predicted octanol–water partition coefficient (Wildman–Crippen LogP) is 5.14. The molecule has 0 aromatic rings. The van der Waals surface area contributed by atoms with Gasteiger partial charge in [-0.2, -0.15) is 0 Å². The highest BCUT2D eigenvalue weighted by Crippen LogP contribution is 2.59. The molecule has 4 rings (SSSR count). The average molecular weight is 367 g/mol. The molecule has 0 N–H and O–H groups in total. The van der Waals surface area contributed by atoms with Gasteiger partial charge in [-0.1, -0.05) is 20.8 Å². The number of rotatable bonds is 5. The molecule has 0 spiro atoms. The molecule has 4 aliphatic carbocycles. The van der Waals surface area contributed by atoms with Crippen LogP contribution in [0.15, 0.2) is 0 Å². The van der Waals surface area contributed by atoms with Crippen LogP contribution in [0.3, 0.4) is 0 Å². The van der Waals surface area contributed by atoms with Crippen molar-refractivity contribution in [1.82, 2.24) is 0 Å². The van der Waals surface area contributed by atoms with E-state index in [0.29, 0.717) is 18.3 Å². The second kappa shape index (κ2) is 7.90. The van der Waals surface area contributed by atoms with Gasteiger partial charge in [0, 0.05) is 0 Å². The van der Waals surface area contributed by atoms with Gasteiger partial charge in [0.15, 0.2) is 6.10 Å². The molecule has 150 valence electrons. The maximum atomic E-state index is 12.6. The third-order valence-corrected chi connectivity index (χ3v) is 7.13. The quantitative estimate of drug-likeness (QED) is 0.632. The highest BCUT2D eigenvalue weighted by Gasteiger charge is 2.57. The number of esters is 2. The van der Waals surface area contributed by atoms with Gasteiger partial charge >= 0.3 is 11.9 Å². The van der Waals surface area contributed by atoms with E-state index >= 15 is 0 Å². The van der Waals surface area contributed by atoms with E-state index in [2.05, 4.69) is 6.92 Å². The second-order valence-electron chi connectivity index (χ2n) is 9.19. The summed E-state index contributed by atoms with van der Waals surface area (Å²) >= 11 is 0. The lowest BCUT2D eigenvalue weighted by atomic mass is 9.50. The standard InChI is InChI=1S/C20H32O4.C2H6/c1-6-19(3,4)18(22)23-12(2)17(21)24-20(5)15-8-13-7-14(10-15)11-16(20)9-13;1-2/h12-16H,6-11H2,1-5H3;1-2H3. The first-order valence-corrected chi connectivity index (χ1v) is 10.6. The Morgan fingerprint density at radius 2 is 1.50 bits per heavy atom. The van der Waals surface area contributed by atoms with Gasteiger partial charge in [0.05, 0.1) is 5.41 Å². The largest absolute Gasteiger partial charge is 0.456 e. The number of hydrogen-bond acceptors (Lipinski definition) is 4. The fourth-order valence-electron chi connectivity index (χ4n) is 5.10. The molecular weight excluding hydrogens is 328 g/mol. The zero-order valence-corrected chi connectivity index (χ0v) is 17.8. The van der Waals surface area contributed by atoms with Crippen molar-refractivity contribution in [2.75, 3.05) is 0 Å². The zero-order valence-electron chi connectivity index (χ0n) is 17.8. The summed E-state index contributed by atoms with van der Waals surface area (Å²) in [5, 5.41) is 0. The summed E-state index contributed by atoms with van der Waals surface area (Å²) < 4.78 is 11.4. The molecule has 0 aliphatic heterocycles. The minimum Gasteiger partial charge on any atom is -0.456 e. The molecule has 4 fully saturated rings. The minimum atomic E-state index is -0.836. The van der Waals surface area contributed by atoms with Crippen LogP contribution in [0, 0.1) is 29.1 Å². The van der Waals surface area contributed by atoms with Gasteiger partial charge < -0.3 is 9.47 Å². The van der Waals surface area contributed by atoms with Gasteiger partial charge in [-0.25, -0.2) is 4.79 Å². The van der Waals surface area contributed by atoms with Crippen LogP contribution in [-0.2, 0) is 19.1 Å². The van der Waals surface area contributed by atoms with Crippen molar-refractivity contribution in [2.45, 2.75) is 98.7 Å². The lowest BCUT2D eigenvalue weighted by molar-refractivity contribution is -0.213. The monoisotopic (exact) mass is 366 g/mol. The maximum Gasteiger partial charge on any atom is 0.347 e. The molecule has 0 aromatic heterocycles. The summed E-state index contributed by atoms with van der Waals surface area (Å²) in [4.78, 5) is 24.8. The third-order valence-electron chi connectivity index (χ3n) is 7.13. The summed E-state index contributed by atoms with van der Waals surface area (Å²) in [6.45, 7) is 13.4. The summed E-state index contributed by atoms with van der Waals surface area (Å²) in [5.41, 5.74) is -0.938. The van der Waals surface area contributed by atoms with Gasteiger partial charge in [-0.15, -0.1) is 0 Å². The minimum absolute atomic E-state index is 0.329. The van der Waals surface area contributed by atoms with E-state index in [1.807, 2.05) is 34.6 Å². The molecule has 26 heavy (non-hydrogen) atoms. The number of carbonyl (C=O) groups excluding carboxylic acids is 2. The van der Waals surface area contributed by atoms with Crippen molar-refractivity contribution < 1.29 is 19.1 Å². The normalized spacial score (nSPS) is 36.0. The van der Waals surface area contributed by atoms with Crippen molar-refractivity contribution in [3.05, 3.63) is 0 Å². The van der Waals surface area contributed by atoms with Crippen LogP contribution < -0.4 is 0 Å². The average Bonchev–Trinajstić information content (AvgIpc) is 2.60. The molecule has 0 saturated heterocycles. The van der Waals surface area contributed by atoms with Gasteiger partial charge in [0.25, 0.3) is 0 Å². The smallest absolute Gasteiger partial charge is 0.347 e. The molecule has 4 heteroatoms. The van der Waals surface area contributed by atoms with E-state index < -0.39 is 11.5 Å². The van der Waals surface area contributed by atoms with Crippen LogP contribution in [0.25, 0.3) is 0 Å². The van der Waals surface area contributed by atoms with Crippen LogP contribution in [0.4, 0.5) is 0 Å². The fraction of sp³-hybridized carbons (Fsp3) is 0.909. The van der Waals surface area contributed by atoms with Crippen LogP contribution in [0.5, 0.6) is 0 Å². The molecule has 1 atom stereocenters. The first kappa shape index (κ1) is 21.2. The van der Waals surface area contributed by atoms with E-state index in [1.165, 1.54) is 32.1 Å². The summed E-state index contributed by atoms with van der Waals surface area (Å²) in [6, 6.07) is 0. The molecule has 0 heterocycles. The topological polar surface area (TPSA) is 52.6 Å². The lowest BCUT2D eigenvalue weighted by Gasteiger charge is -2.59. The Kier molecular flexibility index (Phi) is 6.45. The first-order valence-electron chi connectivity index (χ1n) is 10.6. The van der Waals surface area contributed by atoms with Crippen molar-refractivity contribution >= 4 is 11.9 Å². The Morgan fingerprint density at radius 3 is 1.92 bits per heavy atom. The van der Waals surface area contributed by atoms with Crippen LogP contribution in [-0.4, -0.2) is 23.6 Å². The zero-order chi connectivity index (χ0) is 19.7. The first-order chi connectivity index (χ1) is 12.2. The predicted molar refractivity (Wildman–Crippen MR) is 103 cm³/mol. The van der Waals surface area contributed by atoms with Crippen molar-refractivity contribution in [2.24, 2.45) is 29.1 Å². The molecule has 1 unspecified atom stereocenters. The van der Waals surface area contributed by atoms with Crippen LogP contribution in [0.2, 0.25) is 0 Å². The van der Waals surface area contributed by atoms with Crippen LogP contribution >= 0.6 is 0 Å². The van der Waals surface area contributed by atoms with E-state index in [-0.39, 0.29) is 17.5 Å². The van der Waals surface area contributed by atoms with E-state index in [9.17, 15) is 9.59 Å². The third kappa shape index (κ3) is 3.94. The molecule has 4 bridgehead atoms. The van der Waals surface area contributed by atoms with Gasteiger partial charge in [0.2, 0.25) is 0 Å². The Balaban J connectivity index is 0.00000117. The number of hydrogen-bond donors (Lipinski definition) is 0. The highest BCUT2D eigenvalue weighted by atomic mass is 16.6. The Bertz CT molecular complexity index is 494. The Hall–Kier alpha value is -1.06. The molecule has 0 radical (unpaired) electrons. The molecule has 0 amide bonds. The molecular formula is C22H38O4. The number of ether oxygens (including phenoxy) is 2. The van der Waals surface area contributed by atoms with Gasteiger partial charge in [-0.3, -0.25) is 4.79 Å². The van der Waals surface area contributed by atoms with Gasteiger partial charge in [0.1, 0.15) is 5.60 Å². The van der Waals surface area contributed by atoms with Crippen molar-refractivity contribution in [1.29, 1.82) is 0 Å². The second-order valence-corrected chi connectivity index (χ2v) is 9.19. The maximum absolute atomic E-state index is 12.6. The SMILES string of the molecule is CC.CCC(C)(C)C(=O)OC(C)C(=O)OC1(C)C2CC3CC(C2)CC1C3. The highest BCUT2D eigenvalue weighted by molar-refractivity contribution is 5.81. The molecule has 4 saturated carbocycles.